The van der Waals surface area contributed by atoms with Gasteiger partial charge in [-0.25, -0.2) is 9.78 Å². The quantitative estimate of drug-likeness (QED) is 0.450. The normalized spacial score (nSPS) is 10.5. The lowest BCUT2D eigenvalue weighted by molar-refractivity contribution is -0.115. The summed E-state index contributed by atoms with van der Waals surface area (Å²) in [6.07, 6.45) is 2.16. The zero-order chi connectivity index (χ0) is 19.9. The molecular formula is C21H20N2O3S2. The second-order valence-electron chi connectivity index (χ2n) is 6.13. The van der Waals surface area contributed by atoms with E-state index in [0.717, 1.165) is 16.1 Å². The molecule has 0 bridgehead atoms. The van der Waals surface area contributed by atoms with E-state index in [1.807, 2.05) is 49.6 Å². The van der Waals surface area contributed by atoms with Gasteiger partial charge in [-0.3, -0.25) is 4.79 Å². The summed E-state index contributed by atoms with van der Waals surface area (Å²) in [6, 6.07) is 14.9. The molecular weight excluding hydrogens is 392 g/mol. The Labute approximate surface area is 172 Å². The molecule has 144 valence electrons. The van der Waals surface area contributed by atoms with Crippen molar-refractivity contribution in [1.82, 2.24) is 4.98 Å². The van der Waals surface area contributed by atoms with Gasteiger partial charge in [0.05, 0.1) is 17.7 Å². The molecule has 28 heavy (non-hydrogen) atoms. The van der Waals surface area contributed by atoms with Crippen LogP contribution in [0.2, 0.25) is 0 Å². The highest BCUT2D eigenvalue weighted by Gasteiger charge is 2.11. The highest BCUT2D eigenvalue weighted by Crippen LogP contribution is 2.17. The summed E-state index contributed by atoms with van der Waals surface area (Å²) in [7, 11) is 0. The van der Waals surface area contributed by atoms with Crippen molar-refractivity contribution in [2.75, 3.05) is 11.6 Å². The summed E-state index contributed by atoms with van der Waals surface area (Å²) in [6.45, 7) is 2.08. The first-order valence-electron chi connectivity index (χ1n) is 8.64. The van der Waals surface area contributed by atoms with E-state index < -0.39 is 0 Å². The predicted molar refractivity (Wildman–Crippen MR) is 113 cm³/mol. The molecule has 2 aromatic carbocycles. The number of nitrogens with zero attached hydrogens (tertiary/aromatic N) is 1. The van der Waals surface area contributed by atoms with E-state index in [-0.39, 0.29) is 24.9 Å². The highest BCUT2D eigenvalue weighted by atomic mass is 32.2. The van der Waals surface area contributed by atoms with E-state index in [2.05, 4.69) is 10.3 Å². The smallest absolute Gasteiger partial charge is 0.338 e. The number of hydrogen-bond acceptors (Lipinski definition) is 6. The molecule has 1 amide bonds. The first kappa shape index (κ1) is 20.1. The molecule has 7 heteroatoms. The van der Waals surface area contributed by atoms with Gasteiger partial charge < -0.3 is 10.1 Å². The predicted octanol–water partition coefficient (Wildman–Crippen LogP) is 4.71. The van der Waals surface area contributed by atoms with Crippen LogP contribution in [0, 0.1) is 6.92 Å². The van der Waals surface area contributed by atoms with Gasteiger partial charge in [0.1, 0.15) is 11.6 Å². The Morgan fingerprint density at radius 2 is 1.82 bits per heavy atom. The van der Waals surface area contributed by atoms with Crippen LogP contribution in [0.3, 0.4) is 0 Å². The molecule has 0 radical (unpaired) electrons. The largest absolute Gasteiger partial charge is 0.456 e. The first-order chi connectivity index (χ1) is 13.5. The third-order valence-corrected chi connectivity index (χ3v) is 5.56. The van der Waals surface area contributed by atoms with Gasteiger partial charge in [-0.1, -0.05) is 17.7 Å². The third-order valence-electron chi connectivity index (χ3n) is 3.92. The van der Waals surface area contributed by atoms with Crippen LogP contribution in [0.25, 0.3) is 0 Å². The maximum atomic E-state index is 12.1. The minimum atomic E-state index is -0.390. The van der Waals surface area contributed by atoms with Crippen LogP contribution in [0.5, 0.6) is 0 Å². The van der Waals surface area contributed by atoms with Crippen LogP contribution < -0.4 is 5.32 Å². The molecule has 3 rings (SSSR count). The monoisotopic (exact) mass is 412 g/mol. The van der Waals surface area contributed by atoms with Gasteiger partial charge >= 0.3 is 5.97 Å². The number of hydrogen-bond donors (Lipinski definition) is 1. The number of amides is 1. The van der Waals surface area contributed by atoms with E-state index in [4.69, 9.17) is 4.74 Å². The van der Waals surface area contributed by atoms with Crippen LogP contribution in [-0.4, -0.2) is 23.1 Å². The summed E-state index contributed by atoms with van der Waals surface area (Å²) >= 11 is 2.99. The van der Waals surface area contributed by atoms with Crippen molar-refractivity contribution < 1.29 is 14.3 Å². The van der Waals surface area contributed by atoms with E-state index in [9.17, 15) is 9.59 Å². The Bertz CT molecular complexity index is 951. The average molecular weight is 413 g/mol. The Morgan fingerprint density at radius 3 is 2.50 bits per heavy atom. The molecule has 1 aromatic heterocycles. The standard InChI is InChI=1S/C21H20N2O3S2/c1-14-3-7-16(8-4-14)22-19(24)11-20-23-17(13-28-20)12-26-21(25)15-5-9-18(27-2)10-6-15/h3-10,13H,11-12H2,1-2H3,(H,22,24). The van der Waals surface area contributed by atoms with Gasteiger partial charge in [-0.2, -0.15) is 0 Å². The summed E-state index contributed by atoms with van der Waals surface area (Å²) in [5.74, 6) is -0.519. The average Bonchev–Trinajstić information content (AvgIpc) is 3.15. The number of aryl methyl sites for hydroxylation is 1. The van der Waals surface area contributed by atoms with Gasteiger partial charge in [-0.15, -0.1) is 23.1 Å². The number of ether oxygens (including phenoxy) is 1. The number of thiazole rings is 1. The van der Waals surface area contributed by atoms with Crippen molar-refractivity contribution in [3.8, 4) is 0 Å². The summed E-state index contributed by atoms with van der Waals surface area (Å²) in [5, 5.41) is 5.33. The van der Waals surface area contributed by atoms with Gasteiger partial charge in [-0.05, 0) is 49.6 Å². The maximum absolute atomic E-state index is 12.1. The number of rotatable bonds is 7. The zero-order valence-electron chi connectivity index (χ0n) is 15.6. The van der Waals surface area contributed by atoms with Crippen molar-refractivity contribution >= 4 is 40.7 Å². The molecule has 0 fully saturated rings. The molecule has 0 saturated carbocycles. The van der Waals surface area contributed by atoms with Crippen LogP contribution in [0.4, 0.5) is 5.69 Å². The third kappa shape index (κ3) is 5.68. The van der Waals surface area contributed by atoms with E-state index >= 15 is 0 Å². The van der Waals surface area contributed by atoms with Gasteiger partial charge in [0.25, 0.3) is 0 Å². The second-order valence-corrected chi connectivity index (χ2v) is 7.95. The number of nitrogens with one attached hydrogen (secondary N) is 1. The van der Waals surface area contributed by atoms with Gasteiger partial charge in [0, 0.05) is 16.0 Å². The second kappa shape index (κ2) is 9.52. The summed E-state index contributed by atoms with van der Waals surface area (Å²) in [4.78, 5) is 29.7. The first-order valence-corrected chi connectivity index (χ1v) is 10.7. The lowest BCUT2D eigenvalue weighted by Gasteiger charge is -2.04. The number of benzene rings is 2. The van der Waals surface area contributed by atoms with Crippen molar-refractivity contribution in [3.05, 3.63) is 75.7 Å². The van der Waals surface area contributed by atoms with Crippen molar-refractivity contribution in [3.63, 3.8) is 0 Å². The molecule has 0 aliphatic heterocycles. The number of aromatic nitrogens is 1. The van der Waals surface area contributed by atoms with Crippen LogP contribution in [-0.2, 0) is 22.6 Å². The van der Waals surface area contributed by atoms with Crippen LogP contribution in [0.1, 0.15) is 26.6 Å². The van der Waals surface area contributed by atoms with Gasteiger partial charge in [0.15, 0.2) is 0 Å². The molecule has 5 nitrogen and oxygen atoms in total. The molecule has 1 N–H and O–H groups in total. The van der Waals surface area contributed by atoms with Crippen LogP contribution >= 0.6 is 23.1 Å². The Hall–Kier alpha value is -2.64. The molecule has 0 spiro atoms. The molecule has 1 heterocycles. The molecule has 0 saturated heterocycles. The van der Waals surface area contributed by atoms with Crippen molar-refractivity contribution in [1.29, 1.82) is 0 Å². The van der Waals surface area contributed by atoms with Crippen molar-refractivity contribution in [2.45, 2.75) is 24.8 Å². The lowest BCUT2D eigenvalue weighted by Crippen LogP contribution is -2.14. The minimum absolute atomic E-state index is 0.0825. The lowest BCUT2D eigenvalue weighted by atomic mass is 10.2. The fraction of sp³-hybridized carbons (Fsp3) is 0.190. The Balaban J connectivity index is 1.49. The maximum Gasteiger partial charge on any atom is 0.338 e. The number of thioether (sulfide) groups is 1. The summed E-state index contributed by atoms with van der Waals surface area (Å²) < 4.78 is 5.31. The van der Waals surface area contributed by atoms with E-state index in [1.165, 1.54) is 11.3 Å². The molecule has 0 unspecified atom stereocenters. The Morgan fingerprint density at radius 1 is 1.11 bits per heavy atom. The molecule has 0 atom stereocenters. The molecule has 0 aliphatic carbocycles. The zero-order valence-corrected chi connectivity index (χ0v) is 17.2. The number of carbonyl (C=O) groups is 2. The van der Waals surface area contributed by atoms with E-state index in [1.54, 1.807) is 29.3 Å². The molecule has 0 aliphatic rings. The van der Waals surface area contributed by atoms with Crippen molar-refractivity contribution in [2.24, 2.45) is 0 Å². The fourth-order valence-corrected chi connectivity index (χ4v) is 3.61. The minimum Gasteiger partial charge on any atom is -0.456 e. The van der Waals surface area contributed by atoms with E-state index in [0.29, 0.717) is 16.3 Å². The topological polar surface area (TPSA) is 68.3 Å². The fourth-order valence-electron chi connectivity index (χ4n) is 2.43. The number of anilines is 1. The Kier molecular flexibility index (Phi) is 6.84. The highest BCUT2D eigenvalue weighted by molar-refractivity contribution is 7.98. The number of esters is 1. The molecule has 3 aromatic rings. The number of carbonyl (C=O) groups excluding carboxylic acids is 2. The van der Waals surface area contributed by atoms with Gasteiger partial charge in [0.2, 0.25) is 5.91 Å². The SMILES string of the molecule is CSc1ccc(C(=O)OCc2csc(CC(=O)Nc3ccc(C)cc3)n2)cc1. The van der Waals surface area contributed by atoms with Crippen LogP contribution in [0.15, 0.2) is 58.8 Å². The summed E-state index contributed by atoms with van der Waals surface area (Å²) in [5.41, 5.74) is 3.04.